The first-order valence-electron chi connectivity index (χ1n) is 10.1. The second-order valence-corrected chi connectivity index (χ2v) is 8.86. The van der Waals surface area contributed by atoms with Crippen LogP contribution in [0.4, 0.5) is 13.2 Å². The number of carboxylic acids is 1. The maximum absolute atomic E-state index is 12.7. The van der Waals surface area contributed by atoms with Crippen LogP contribution in [-0.2, 0) is 17.4 Å². The topological polar surface area (TPSA) is 79.9 Å². The van der Waals surface area contributed by atoms with Gasteiger partial charge in [0, 0.05) is 5.56 Å². The third-order valence-corrected chi connectivity index (χ3v) is 6.05. The number of aryl methyl sites for hydroxylation is 1. The van der Waals surface area contributed by atoms with E-state index in [2.05, 4.69) is 0 Å². The Balaban J connectivity index is 1.67. The molecular formula is C24H21Cl2F3O5. The lowest BCUT2D eigenvalue weighted by molar-refractivity contribution is -0.152. The molecule has 10 heteroatoms. The first-order chi connectivity index (χ1) is 15.8. The molecule has 2 N–H and O–H groups in total. The first kappa shape index (κ1) is 25.9. The molecule has 0 amide bonds. The third kappa shape index (κ3) is 5.87. The van der Waals surface area contributed by atoms with Crippen LogP contribution in [0, 0.1) is 0 Å². The molecule has 0 aliphatic rings. The van der Waals surface area contributed by atoms with Gasteiger partial charge in [0.1, 0.15) is 28.4 Å². The SMILES string of the molecule is CC(C)(Oc1ccc(CCC(O)c2ccc(-c3ccc(C(F)(F)F)cc3)o2)c(Cl)c1Cl)C(=O)O. The number of hydrogen-bond acceptors (Lipinski definition) is 4. The molecule has 5 nitrogen and oxygen atoms in total. The van der Waals surface area contributed by atoms with E-state index in [0.717, 1.165) is 12.1 Å². The minimum Gasteiger partial charge on any atom is -0.478 e. The molecule has 34 heavy (non-hydrogen) atoms. The fourth-order valence-electron chi connectivity index (χ4n) is 3.11. The van der Waals surface area contributed by atoms with Crippen molar-refractivity contribution in [3.8, 4) is 17.1 Å². The molecule has 0 saturated carbocycles. The minimum absolute atomic E-state index is 0.0607. The van der Waals surface area contributed by atoms with E-state index in [4.69, 9.17) is 32.4 Å². The predicted molar refractivity (Wildman–Crippen MR) is 121 cm³/mol. The van der Waals surface area contributed by atoms with Crippen molar-refractivity contribution in [1.29, 1.82) is 0 Å². The summed E-state index contributed by atoms with van der Waals surface area (Å²) in [7, 11) is 0. The highest BCUT2D eigenvalue weighted by molar-refractivity contribution is 6.43. The van der Waals surface area contributed by atoms with Crippen molar-refractivity contribution in [1.82, 2.24) is 0 Å². The van der Waals surface area contributed by atoms with Crippen molar-refractivity contribution in [3.05, 3.63) is 75.5 Å². The summed E-state index contributed by atoms with van der Waals surface area (Å²) in [6, 6.07) is 10.8. The molecule has 0 aliphatic heterocycles. The number of carbonyl (C=O) groups is 1. The van der Waals surface area contributed by atoms with Gasteiger partial charge in [-0.25, -0.2) is 4.79 Å². The minimum atomic E-state index is -4.43. The van der Waals surface area contributed by atoms with Crippen LogP contribution >= 0.6 is 23.2 Å². The van der Waals surface area contributed by atoms with Gasteiger partial charge in [-0.15, -0.1) is 0 Å². The van der Waals surface area contributed by atoms with E-state index in [1.807, 2.05) is 0 Å². The number of halogens is 5. The highest BCUT2D eigenvalue weighted by Crippen LogP contribution is 2.38. The van der Waals surface area contributed by atoms with Gasteiger partial charge < -0.3 is 19.4 Å². The van der Waals surface area contributed by atoms with Gasteiger partial charge in [-0.1, -0.05) is 41.4 Å². The summed E-state index contributed by atoms with van der Waals surface area (Å²) < 4.78 is 49.3. The average Bonchev–Trinajstić information content (AvgIpc) is 3.26. The van der Waals surface area contributed by atoms with Crippen molar-refractivity contribution in [2.24, 2.45) is 0 Å². The maximum Gasteiger partial charge on any atom is 0.416 e. The molecule has 0 saturated heterocycles. The Morgan fingerprint density at radius 3 is 2.26 bits per heavy atom. The molecule has 2 aromatic carbocycles. The van der Waals surface area contributed by atoms with Crippen molar-refractivity contribution in [3.63, 3.8) is 0 Å². The fourth-order valence-corrected chi connectivity index (χ4v) is 3.58. The molecule has 0 radical (unpaired) electrons. The summed E-state index contributed by atoms with van der Waals surface area (Å²) in [6.07, 6.45) is -4.89. The molecule has 1 unspecified atom stereocenters. The maximum atomic E-state index is 12.7. The lowest BCUT2D eigenvalue weighted by atomic mass is 10.0. The van der Waals surface area contributed by atoms with Crippen LogP contribution in [-0.4, -0.2) is 21.8 Å². The van der Waals surface area contributed by atoms with Gasteiger partial charge >= 0.3 is 12.1 Å². The van der Waals surface area contributed by atoms with Crippen LogP contribution < -0.4 is 4.74 Å². The molecule has 182 valence electrons. The number of benzene rings is 2. The molecule has 3 rings (SSSR count). The molecule has 0 spiro atoms. The van der Waals surface area contributed by atoms with Gasteiger partial charge in [-0.3, -0.25) is 0 Å². The molecular weight excluding hydrogens is 496 g/mol. The van der Waals surface area contributed by atoms with Crippen molar-refractivity contribution in [2.75, 3.05) is 0 Å². The second-order valence-electron chi connectivity index (χ2n) is 8.10. The fraction of sp³-hybridized carbons (Fsp3) is 0.292. The standard InChI is InChI=1S/C24H21Cl2F3O5/c1-23(2,22(31)32)34-19-10-6-14(20(25)21(19)26)5-9-16(30)18-12-11-17(33-18)13-3-7-15(8-4-13)24(27,28)29/h3-4,6-8,10-12,16,30H,5,9H2,1-2H3,(H,31,32). The first-order valence-corrected chi connectivity index (χ1v) is 10.9. The number of hydrogen-bond donors (Lipinski definition) is 2. The lowest BCUT2D eigenvalue weighted by Gasteiger charge is -2.23. The van der Waals surface area contributed by atoms with E-state index in [1.165, 1.54) is 32.0 Å². The summed E-state index contributed by atoms with van der Waals surface area (Å²) in [4.78, 5) is 11.3. The summed E-state index contributed by atoms with van der Waals surface area (Å²) in [5, 5.41) is 20.0. The Morgan fingerprint density at radius 1 is 1.03 bits per heavy atom. The van der Waals surface area contributed by atoms with Crippen LogP contribution in [0.15, 0.2) is 52.9 Å². The molecule has 0 bridgehead atoms. The Kier molecular flexibility index (Phi) is 7.55. The van der Waals surface area contributed by atoms with Crippen molar-refractivity contribution >= 4 is 29.2 Å². The van der Waals surface area contributed by atoms with E-state index in [1.54, 1.807) is 18.2 Å². The van der Waals surface area contributed by atoms with E-state index in [0.29, 0.717) is 23.3 Å². The van der Waals surface area contributed by atoms with Crippen molar-refractivity contribution < 1.29 is 37.3 Å². The molecule has 3 aromatic rings. The Labute approximate surface area is 203 Å². The normalized spacial score (nSPS) is 13.1. The van der Waals surface area contributed by atoms with Gasteiger partial charge in [0.25, 0.3) is 0 Å². The van der Waals surface area contributed by atoms with Gasteiger partial charge in [0.05, 0.1) is 10.6 Å². The third-order valence-electron chi connectivity index (χ3n) is 5.15. The average molecular weight is 517 g/mol. The molecule has 0 aliphatic carbocycles. The number of ether oxygens (including phenoxy) is 1. The molecule has 1 aromatic heterocycles. The van der Waals surface area contributed by atoms with E-state index in [9.17, 15) is 28.2 Å². The Bertz CT molecular complexity index is 1170. The summed E-state index contributed by atoms with van der Waals surface area (Å²) in [6.45, 7) is 2.76. The van der Waals surface area contributed by atoms with Crippen LogP contribution in [0.1, 0.15) is 43.3 Å². The smallest absolute Gasteiger partial charge is 0.416 e. The second kappa shape index (κ2) is 9.90. The Hall–Kier alpha value is -2.68. The van der Waals surface area contributed by atoms with Crippen LogP contribution in [0.25, 0.3) is 11.3 Å². The number of furan rings is 1. The van der Waals surface area contributed by atoms with Crippen LogP contribution in [0.3, 0.4) is 0 Å². The zero-order valence-corrected chi connectivity index (χ0v) is 19.6. The number of aliphatic hydroxyl groups is 1. The van der Waals surface area contributed by atoms with E-state index in [-0.39, 0.29) is 28.0 Å². The largest absolute Gasteiger partial charge is 0.478 e. The highest BCUT2D eigenvalue weighted by Gasteiger charge is 2.31. The number of rotatable bonds is 8. The summed E-state index contributed by atoms with van der Waals surface area (Å²) in [5.41, 5.74) is -1.21. The molecule has 1 heterocycles. The molecule has 0 fully saturated rings. The van der Waals surface area contributed by atoms with Crippen LogP contribution in [0.5, 0.6) is 5.75 Å². The predicted octanol–water partition coefficient (Wildman–Crippen LogP) is 7.18. The number of aliphatic carboxylic acids is 1. The summed E-state index contributed by atoms with van der Waals surface area (Å²) >= 11 is 12.6. The van der Waals surface area contributed by atoms with E-state index < -0.39 is 29.4 Å². The lowest BCUT2D eigenvalue weighted by Crippen LogP contribution is -2.38. The van der Waals surface area contributed by atoms with Gasteiger partial charge in [0.2, 0.25) is 0 Å². The zero-order valence-electron chi connectivity index (χ0n) is 18.1. The quantitative estimate of drug-likeness (QED) is 0.331. The highest BCUT2D eigenvalue weighted by atomic mass is 35.5. The Morgan fingerprint density at radius 2 is 1.68 bits per heavy atom. The van der Waals surface area contributed by atoms with Crippen molar-refractivity contribution in [2.45, 2.75) is 44.6 Å². The number of carboxylic acid groups (broad SMARTS) is 1. The monoisotopic (exact) mass is 516 g/mol. The van der Waals surface area contributed by atoms with Gasteiger partial charge in [0.15, 0.2) is 5.60 Å². The summed E-state index contributed by atoms with van der Waals surface area (Å²) in [5.74, 6) is -0.469. The van der Waals surface area contributed by atoms with Crippen LogP contribution in [0.2, 0.25) is 10.0 Å². The van der Waals surface area contributed by atoms with Gasteiger partial charge in [-0.05, 0) is 62.6 Å². The number of aliphatic hydroxyl groups excluding tert-OH is 1. The van der Waals surface area contributed by atoms with E-state index >= 15 is 0 Å². The molecule has 1 atom stereocenters. The zero-order chi connectivity index (χ0) is 25.3. The van der Waals surface area contributed by atoms with Gasteiger partial charge in [-0.2, -0.15) is 13.2 Å². The number of alkyl halides is 3.